The molecule has 0 saturated carbocycles. The zero-order valence-electron chi connectivity index (χ0n) is 14.6. The van der Waals surface area contributed by atoms with E-state index < -0.39 is 17.6 Å². The zero-order chi connectivity index (χ0) is 19.2. The number of nitrogens with one attached hydrogen (secondary N) is 1. The second kappa shape index (κ2) is 8.80. The summed E-state index contributed by atoms with van der Waals surface area (Å²) in [7, 11) is 0. The maximum absolute atomic E-state index is 12.8. The number of ether oxygens (including phenoxy) is 1. The maximum Gasteiger partial charge on any atom is 0.416 e. The number of hydrogen-bond acceptors (Lipinski definition) is 3. The van der Waals surface area contributed by atoms with E-state index >= 15 is 0 Å². The molecule has 0 spiro atoms. The van der Waals surface area contributed by atoms with Crippen molar-refractivity contribution in [2.24, 2.45) is 0 Å². The Morgan fingerprint density at radius 3 is 2.58 bits per heavy atom. The van der Waals surface area contributed by atoms with E-state index in [0.717, 1.165) is 25.0 Å². The van der Waals surface area contributed by atoms with Crippen LogP contribution in [0.1, 0.15) is 54.5 Å². The second-order valence-electron chi connectivity index (χ2n) is 5.71. The molecule has 1 atom stereocenters. The van der Waals surface area contributed by atoms with Gasteiger partial charge in [0, 0.05) is 12.3 Å². The van der Waals surface area contributed by atoms with Crippen molar-refractivity contribution in [1.29, 1.82) is 0 Å². The molecule has 1 aromatic heterocycles. The highest BCUT2D eigenvalue weighted by atomic mass is 19.4. The van der Waals surface area contributed by atoms with Crippen molar-refractivity contribution in [3.05, 3.63) is 59.4 Å². The van der Waals surface area contributed by atoms with Crippen molar-refractivity contribution < 1.29 is 22.7 Å². The summed E-state index contributed by atoms with van der Waals surface area (Å²) in [6, 6.07) is 9.46. The standard InChI is InChI=1S/C19H21F3N2O2/c1-3-7-17(26-4-2)15-10-6-11-16(24-15)18(25)23-14-9-5-8-13(12-14)19(20,21)22/h5-6,8-12,17H,3-4,7H2,1-2H3,(H,23,25). The lowest BCUT2D eigenvalue weighted by Gasteiger charge is -2.16. The number of amides is 1. The first-order valence-electron chi connectivity index (χ1n) is 8.42. The first-order valence-corrected chi connectivity index (χ1v) is 8.42. The fourth-order valence-electron chi connectivity index (χ4n) is 2.51. The van der Waals surface area contributed by atoms with E-state index in [4.69, 9.17) is 4.74 Å². The minimum absolute atomic E-state index is 0.0620. The van der Waals surface area contributed by atoms with Gasteiger partial charge >= 0.3 is 6.18 Å². The topological polar surface area (TPSA) is 51.2 Å². The average molecular weight is 366 g/mol. The van der Waals surface area contributed by atoms with Crippen LogP contribution in [-0.2, 0) is 10.9 Å². The zero-order valence-corrected chi connectivity index (χ0v) is 14.6. The Kier molecular flexibility index (Phi) is 6.74. The van der Waals surface area contributed by atoms with E-state index in [9.17, 15) is 18.0 Å². The lowest BCUT2D eigenvalue weighted by Crippen LogP contribution is -2.16. The predicted molar refractivity (Wildman–Crippen MR) is 92.9 cm³/mol. The molecular formula is C19H21F3N2O2. The minimum Gasteiger partial charge on any atom is -0.372 e. The first-order chi connectivity index (χ1) is 12.3. The summed E-state index contributed by atoms with van der Waals surface area (Å²) in [4.78, 5) is 16.7. The van der Waals surface area contributed by atoms with Crippen LogP contribution in [0, 0.1) is 0 Å². The molecule has 1 heterocycles. The Labute approximate surface area is 150 Å². The van der Waals surface area contributed by atoms with Gasteiger partial charge in [0.05, 0.1) is 17.4 Å². The first kappa shape index (κ1) is 19.9. The van der Waals surface area contributed by atoms with Crippen LogP contribution in [0.5, 0.6) is 0 Å². The average Bonchev–Trinajstić information content (AvgIpc) is 2.61. The number of pyridine rings is 1. The van der Waals surface area contributed by atoms with E-state index in [0.29, 0.717) is 12.3 Å². The highest BCUT2D eigenvalue weighted by Gasteiger charge is 2.30. The molecular weight excluding hydrogens is 345 g/mol. The summed E-state index contributed by atoms with van der Waals surface area (Å²) in [5, 5.41) is 2.46. The molecule has 0 saturated heterocycles. The van der Waals surface area contributed by atoms with Crippen LogP contribution < -0.4 is 5.32 Å². The molecule has 0 radical (unpaired) electrons. The molecule has 0 aliphatic carbocycles. The van der Waals surface area contributed by atoms with Crippen LogP contribution in [-0.4, -0.2) is 17.5 Å². The third-order valence-corrected chi connectivity index (χ3v) is 3.70. The summed E-state index contributed by atoms with van der Waals surface area (Å²) in [6.45, 7) is 4.43. The van der Waals surface area contributed by atoms with E-state index in [-0.39, 0.29) is 17.5 Å². The van der Waals surface area contributed by atoms with Crippen LogP contribution in [0.25, 0.3) is 0 Å². The van der Waals surface area contributed by atoms with Gasteiger partial charge < -0.3 is 10.1 Å². The third-order valence-electron chi connectivity index (χ3n) is 3.70. The van der Waals surface area contributed by atoms with Gasteiger partial charge in [-0.15, -0.1) is 0 Å². The van der Waals surface area contributed by atoms with Crippen LogP contribution in [0.4, 0.5) is 18.9 Å². The largest absolute Gasteiger partial charge is 0.416 e. The smallest absolute Gasteiger partial charge is 0.372 e. The van der Waals surface area contributed by atoms with Gasteiger partial charge in [-0.05, 0) is 43.7 Å². The van der Waals surface area contributed by atoms with Crippen LogP contribution >= 0.6 is 0 Å². The van der Waals surface area contributed by atoms with Crippen LogP contribution in [0.15, 0.2) is 42.5 Å². The fourth-order valence-corrected chi connectivity index (χ4v) is 2.51. The molecule has 140 valence electrons. The van der Waals surface area contributed by atoms with Gasteiger partial charge in [0.2, 0.25) is 0 Å². The SMILES string of the molecule is CCCC(OCC)c1cccc(C(=O)Nc2cccc(C(F)(F)F)c2)n1. The predicted octanol–water partition coefficient (Wildman–Crippen LogP) is 5.23. The Bertz CT molecular complexity index is 742. The molecule has 7 heteroatoms. The molecule has 0 bridgehead atoms. The normalized spacial score (nSPS) is 12.7. The molecule has 1 amide bonds. The fraction of sp³-hybridized carbons (Fsp3) is 0.368. The molecule has 2 rings (SSSR count). The monoisotopic (exact) mass is 366 g/mol. The quantitative estimate of drug-likeness (QED) is 0.730. The van der Waals surface area contributed by atoms with Gasteiger partial charge in [0.1, 0.15) is 5.69 Å². The van der Waals surface area contributed by atoms with Crippen molar-refractivity contribution >= 4 is 11.6 Å². The Morgan fingerprint density at radius 1 is 1.19 bits per heavy atom. The van der Waals surface area contributed by atoms with Gasteiger partial charge in [-0.2, -0.15) is 13.2 Å². The summed E-state index contributed by atoms with van der Waals surface area (Å²) in [6.07, 6.45) is -3.03. The van der Waals surface area contributed by atoms with Crippen molar-refractivity contribution in [3.8, 4) is 0 Å². The molecule has 0 fully saturated rings. The van der Waals surface area contributed by atoms with Gasteiger partial charge in [0.25, 0.3) is 5.91 Å². The molecule has 1 unspecified atom stereocenters. The Hall–Kier alpha value is -2.41. The van der Waals surface area contributed by atoms with Gasteiger partial charge in [-0.25, -0.2) is 4.98 Å². The molecule has 4 nitrogen and oxygen atoms in total. The van der Waals surface area contributed by atoms with Crippen LogP contribution in [0.3, 0.4) is 0 Å². The lowest BCUT2D eigenvalue weighted by molar-refractivity contribution is -0.137. The molecule has 0 aliphatic rings. The Morgan fingerprint density at radius 2 is 1.92 bits per heavy atom. The molecule has 1 aromatic carbocycles. The van der Waals surface area contributed by atoms with Gasteiger partial charge in [0.15, 0.2) is 0 Å². The number of alkyl halides is 3. The highest BCUT2D eigenvalue weighted by Crippen LogP contribution is 2.30. The number of benzene rings is 1. The number of rotatable bonds is 7. The molecule has 26 heavy (non-hydrogen) atoms. The van der Waals surface area contributed by atoms with E-state index in [2.05, 4.69) is 10.3 Å². The summed E-state index contributed by atoms with van der Waals surface area (Å²) in [5.41, 5.74) is -0.00517. The highest BCUT2D eigenvalue weighted by molar-refractivity contribution is 6.02. The number of aromatic nitrogens is 1. The number of hydrogen-bond donors (Lipinski definition) is 1. The van der Waals surface area contributed by atoms with Gasteiger partial charge in [-0.3, -0.25) is 4.79 Å². The molecule has 0 aliphatic heterocycles. The lowest BCUT2D eigenvalue weighted by atomic mass is 10.1. The van der Waals surface area contributed by atoms with Crippen molar-refractivity contribution in [2.45, 2.75) is 39.0 Å². The summed E-state index contributed by atoms with van der Waals surface area (Å²) in [5.74, 6) is -0.571. The second-order valence-corrected chi connectivity index (χ2v) is 5.71. The number of nitrogens with zero attached hydrogens (tertiary/aromatic N) is 1. The number of carbonyl (C=O) groups excluding carboxylic acids is 1. The number of anilines is 1. The molecule has 1 N–H and O–H groups in total. The van der Waals surface area contributed by atoms with Crippen LogP contribution in [0.2, 0.25) is 0 Å². The Balaban J connectivity index is 2.19. The van der Waals surface area contributed by atoms with E-state index in [1.165, 1.54) is 18.2 Å². The maximum atomic E-state index is 12.8. The van der Waals surface area contributed by atoms with Crippen molar-refractivity contribution in [3.63, 3.8) is 0 Å². The van der Waals surface area contributed by atoms with E-state index in [1.54, 1.807) is 12.1 Å². The van der Waals surface area contributed by atoms with Crippen molar-refractivity contribution in [1.82, 2.24) is 4.98 Å². The minimum atomic E-state index is -4.47. The van der Waals surface area contributed by atoms with Crippen molar-refractivity contribution in [2.75, 3.05) is 11.9 Å². The van der Waals surface area contributed by atoms with Gasteiger partial charge in [-0.1, -0.05) is 25.5 Å². The number of halogens is 3. The molecule has 2 aromatic rings. The third kappa shape index (κ3) is 5.29. The summed E-state index contributed by atoms with van der Waals surface area (Å²) >= 11 is 0. The number of carbonyl (C=O) groups is 1. The van der Waals surface area contributed by atoms with E-state index in [1.807, 2.05) is 13.8 Å². The summed E-state index contributed by atoms with van der Waals surface area (Å²) < 4.78 is 44.0.